The SMILES string of the molecule is CCCCCCCCCCCCCCC1(C)C(=O)OC(=O)C1C. The highest BCUT2D eigenvalue weighted by atomic mass is 16.6. The zero-order valence-electron chi connectivity index (χ0n) is 15.5. The smallest absolute Gasteiger partial charge is 0.320 e. The summed E-state index contributed by atoms with van der Waals surface area (Å²) in [4.78, 5) is 23.3. The van der Waals surface area contributed by atoms with Crippen molar-refractivity contribution in [3.63, 3.8) is 0 Å². The summed E-state index contributed by atoms with van der Waals surface area (Å²) < 4.78 is 4.77. The van der Waals surface area contributed by atoms with Crippen LogP contribution >= 0.6 is 0 Å². The fourth-order valence-electron chi connectivity index (χ4n) is 3.39. The molecule has 1 aliphatic rings. The molecule has 2 atom stereocenters. The third-order valence-electron chi connectivity index (χ3n) is 5.52. The van der Waals surface area contributed by atoms with Crippen molar-refractivity contribution < 1.29 is 14.3 Å². The lowest BCUT2D eigenvalue weighted by Gasteiger charge is -2.22. The van der Waals surface area contributed by atoms with Gasteiger partial charge in [-0.25, -0.2) is 0 Å². The molecule has 3 heteroatoms. The Balaban J connectivity index is 1.96. The van der Waals surface area contributed by atoms with E-state index in [-0.39, 0.29) is 17.9 Å². The van der Waals surface area contributed by atoms with Gasteiger partial charge in [0.15, 0.2) is 0 Å². The molecule has 2 unspecified atom stereocenters. The molecule has 1 fully saturated rings. The minimum absolute atomic E-state index is 0.289. The van der Waals surface area contributed by atoms with Crippen LogP contribution in [0.3, 0.4) is 0 Å². The Morgan fingerprint density at radius 1 is 0.826 bits per heavy atom. The van der Waals surface area contributed by atoms with Crippen LogP contribution in [0.2, 0.25) is 0 Å². The molecule has 0 aliphatic carbocycles. The molecule has 1 rings (SSSR count). The van der Waals surface area contributed by atoms with Crippen molar-refractivity contribution in [3.05, 3.63) is 0 Å². The summed E-state index contributed by atoms with van der Waals surface area (Å²) in [5.41, 5.74) is -0.588. The number of carbonyl (C=O) groups excluding carboxylic acids is 2. The summed E-state index contributed by atoms with van der Waals surface area (Å²) in [6.07, 6.45) is 16.5. The third-order valence-corrected chi connectivity index (χ3v) is 5.52. The van der Waals surface area contributed by atoms with Gasteiger partial charge in [0.1, 0.15) is 0 Å². The van der Waals surface area contributed by atoms with Crippen LogP contribution in [0.15, 0.2) is 0 Å². The van der Waals surface area contributed by atoms with Crippen molar-refractivity contribution in [3.8, 4) is 0 Å². The first-order chi connectivity index (χ1) is 11.0. The van der Waals surface area contributed by atoms with E-state index in [0.29, 0.717) is 0 Å². The van der Waals surface area contributed by atoms with E-state index in [0.717, 1.165) is 19.3 Å². The molecule has 0 amide bonds. The summed E-state index contributed by atoms with van der Waals surface area (Å²) in [5.74, 6) is -0.961. The first-order valence-electron chi connectivity index (χ1n) is 9.78. The van der Waals surface area contributed by atoms with E-state index in [1.54, 1.807) is 0 Å². The second-order valence-corrected chi connectivity index (χ2v) is 7.49. The van der Waals surface area contributed by atoms with Crippen LogP contribution < -0.4 is 0 Å². The van der Waals surface area contributed by atoms with Gasteiger partial charge in [-0.2, -0.15) is 0 Å². The lowest BCUT2D eigenvalue weighted by Crippen LogP contribution is -2.28. The van der Waals surface area contributed by atoms with Crippen molar-refractivity contribution in [1.82, 2.24) is 0 Å². The summed E-state index contributed by atoms with van der Waals surface area (Å²) in [7, 11) is 0. The van der Waals surface area contributed by atoms with Crippen molar-refractivity contribution in [2.75, 3.05) is 0 Å². The van der Waals surface area contributed by atoms with Crippen molar-refractivity contribution in [1.29, 1.82) is 0 Å². The van der Waals surface area contributed by atoms with Gasteiger partial charge in [0.2, 0.25) is 0 Å². The van der Waals surface area contributed by atoms with E-state index >= 15 is 0 Å². The van der Waals surface area contributed by atoms with Crippen molar-refractivity contribution >= 4 is 11.9 Å². The van der Waals surface area contributed by atoms with Gasteiger partial charge in [-0.1, -0.05) is 90.9 Å². The van der Waals surface area contributed by atoms with E-state index in [2.05, 4.69) is 6.92 Å². The average molecular weight is 325 g/mol. The molecule has 3 nitrogen and oxygen atoms in total. The van der Waals surface area contributed by atoms with Gasteiger partial charge in [0.05, 0.1) is 11.3 Å². The van der Waals surface area contributed by atoms with E-state index in [9.17, 15) is 9.59 Å². The lowest BCUT2D eigenvalue weighted by atomic mass is 9.76. The maximum Gasteiger partial charge on any atom is 0.320 e. The van der Waals surface area contributed by atoms with Gasteiger partial charge < -0.3 is 4.74 Å². The number of hydrogen-bond donors (Lipinski definition) is 0. The number of ether oxygens (including phenoxy) is 1. The summed E-state index contributed by atoms with van der Waals surface area (Å²) in [6.45, 7) is 5.95. The van der Waals surface area contributed by atoms with Crippen LogP contribution in [0.4, 0.5) is 0 Å². The third kappa shape index (κ3) is 6.64. The molecular formula is C20H36O3. The molecule has 1 saturated heterocycles. The minimum Gasteiger partial charge on any atom is -0.392 e. The Hall–Kier alpha value is -0.860. The quantitative estimate of drug-likeness (QED) is 0.244. The summed E-state index contributed by atoms with van der Waals surface area (Å²) >= 11 is 0. The normalized spacial score (nSPS) is 24.2. The van der Waals surface area contributed by atoms with Gasteiger partial charge in [0.25, 0.3) is 0 Å². The molecule has 0 bridgehead atoms. The van der Waals surface area contributed by atoms with Crippen LogP contribution in [0.25, 0.3) is 0 Å². The predicted octanol–water partition coefficient (Wildman–Crippen LogP) is 5.80. The summed E-state index contributed by atoms with van der Waals surface area (Å²) in [5, 5.41) is 0. The van der Waals surface area contributed by atoms with Crippen LogP contribution in [0.5, 0.6) is 0 Å². The molecule has 0 spiro atoms. The Morgan fingerprint density at radius 2 is 1.26 bits per heavy atom. The van der Waals surface area contributed by atoms with Gasteiger partial charge in [-0.05, 0) is 13.3 Å². The van der Waals surface area contributed by atoms with Gasteiger partial charge >= 0.3 is 11.9 Å². The molecule has 0 saturated carbocycles. The van der Waals surface area contributed by atoms with Crippen molar-refractivity contribution in [2.45, 2.75) is 104 Å². The molecular weight excluding hydrogens is 288 g/mol. The molecule has 0 N–H and O–H groups in total. The van der Waals surface area contributed by atoms with Crippen LogP contribution in [0, 0.1) is 11.3 Å². The van der Waals surface area contributed by atoms with E-state index in [1.165, 1.54) is 64.2 Å². The van der Waals surface area contributed by atoms with Gasteiger partial charge in [-0.15, -0.1) is 0 Å². The lowest BCUT2D eigenvalue weighted by molar-refractivity contribution is -0.155. The molecule has 23 heavy (non-hydrogen) atoms. The number of rotatable bonds is 13. The van der Waals surface area contributed by atoms with E-state index < -0.39 is 5.41 Å². The highest BCUT2D eigenvalue weighted by Crippen LogP contribution is 2.40. The van der Waals surface area contributed by atoms with Crippen molar-refractivity contribution in [2.24, 2.45) is 11.3 Å². The second kappa shape index (κ2) is 10.8. The van der Waals surface area contributed by atoms with E-state index in [1.807, 2.05) is 13.8 Å². The number of unbranched alkanes of at least 4 members (excludes halogenated alkanes) is 11. The van der Waals surface area contributed by atoms with E-state index in [4.69, 9.17) is 4.74 Å². The predicted molar refractivity (Wildman–Crippen MR) is 94.1 cm³/mol. The first kappa shape index (κ1) is 20.2. The highest BCUT2D eigenvalue weighted by molar-refractivity contribution is 5.98. The second-order valence-electron chi connectivity index (χ2n) is 7.49. The topological polar surface area (TPSA) is 43.4 Å². The molecule has 0 aromatic rings. The molecule has 1 heterocycles. The maximum atomic E-state index is 11.8. The Kier molecular flexibility index (Phi) is 9.50. The van der Waals surface area contributed by atoms with Gasteiger partial charge in [-0.3, -0.25) is 9.59 Å². The summed E-state index contributed by atoms with van der Waals surface area (Å²) in [6, 6.07) is 0. The van der Waals surface area contributed by atoms with Crippen LogP contribution in [-0.4, -0.2) is 11.9 Å². The molecule has 0 aromatic carbocycles. The molecule has 1 aliphatic heterocycles. The number of esters is 2. The fourth-order valence-corrected chi connectivity index (χ4v) is 3.39. The van der Waals surface area contributed by atoms with Crippen LogP contribution in [-0.2, 0) is 14.3 Å². The highest BCUT2D eigenvalue weighted by Gasteiger charge is 2.51. The zero-order valence-corrected chi connectivity index (χ0v) is 15.5. The molecule has 134 valence electrons. The van der Waals surface area contributed by atoms with Gasteiger partial charge in [0, 0.05) is 0 Å². The first-order valence-corrected chi connectivity index (χ1v) is 9.78. The monoisotopic (exact) mass is 324 g/mol. The fraction of sp³-hybridized carbons (Fsp3) is 0.900. The Bertz CT molecular complexity index is 364. The maximum absolute atomic E-state index is 11.8. The molecule has 0 radical (unpaired) electrons. The number of carbonyl (C=O) groups is 2. The zero-order chi connectivity index (χ0) is 17.1. The standard InChI is InChI=1S/C20H36O3/c1-4-5-6-7-8-9-10-11-12-13-14-15-16-20(3)17(2)18(21)23-19(20)22/h17H,4-16H2,1-3H3. The van der Waals surface area contributed by atoms with Crippen LogP contribution in [0.1, 0.15) is 104 Å². The Morgan fingerprint density at radius 3 is 1.65 bits per heavy atom. The number of cyclic esters (lactones) is 2. The largest absolute Gasteiger partial charge is 0.392 e. The number of hydrogen-bond acceptors (Lipinski definition) is 3. The Labute approximate surface area is 142 Å². The minimum atomic E-state index is -0.588. The molecule has 0 aromatic heterocycles. The average Bonchev–Trinajstić information content (AvgIpc) is 2.72.